The van der Waals surface area contributed by atoms with E-state index in [2.05, 4.69) is 44.7 Å². The standard InChI is InChI=1S/C37H47N5O5/c1-46-29-15-8-14-28(24-29)39-34(43)31-30-16-17-37(47-30)32(31)36(45)42(33(37)35(44)38-27-12-6-3-7-13-27)19-9-18-40-20-22-41(23-21-40)25-26-10-4-2-5-11-26/h2,4-5,8,10-11,14-17,24,27,30-33H,3,6-7,9,12-13,18-23,25H2,1H3,(H,38,44)(H,39,43)/t30-,31+,32-,33-,37-/m1/s1. The Hall–Kier alpha value is -3.73. The zero-order chi connectivity index (χ0) is 32.4. The minimum atomic E-state index is -1.15. The third-order valence-electron chi connectivity index (χ3n) is 10.8. The number of likely N-dealkylation sites (tertiary alicyclic amines) is 1. The van der Waals surface area contributed by atoms with Gasteiger partial charge in [0.1, 0.15) is 17.4 Å². The van der Waals surface area contributed by atoms with Crippen molar-refractivity contribution in [2.24, 2.45) is 11.8 Å². The second-order valence-corrected chi connectivity index (χ2v) is 13.8. The van der Waals surface area contributed by atoms with Gasteiger partial charge in [-0.3, -0.25) is 19.3 Å². The monoisotopic (exact) mass is 641 g/mol. The lowest BCUT2D eigenvalue weighted by molar-refractivity contribution is -0.141. The van der Waals surface area contributed by atoms with E-state index in [1.165, 1.54) is 12.0 Å². The summed E-state index contributed by atoms with van der Waals surface area (Å²) in [5.41, 5.74) is 0.768. The van der Waals surface area contributed by atoms with Crippen LogP contribution in [0.25, 0.3) is 0 Å². The van der Waals surface area contributed by atoms with Crippen LogP contribution in [0.1, 0.15) is 44.1 Å². The number of benzene rings is 2. The maximum Gasteiger partial charge on any atom is 0.246 e. The van der Waals surface area contributed by atoms with E-state index in [9.17, 15) is 14.4 Å². The average molecular weight is 642 g/mol. The second-order valence-electron chi connectivity index (χ2n) is 13.8. The third kappa shape index (κ3) is 6.43. The Morgan fingerprint density at radius 2 is 1.70 bits per heavy atom. The van der Waals surface area contributed by atoms with Gasteiger partial charge in [0, 0.05) is 57.1 Å². The highest BCUT2D eigenvalue weighted by molar-refractivity contribution is 6.02. The van der Waals surface area contributed by atoms with E-state index in [1.54, 1.807) is 24.1 Å². The Morgan fingerprint density at radius 1 is 0.936 bits per heavy atom. The number of nitrogens with zero attached hydrogens (tertiary/aromatic N) is 3. The summed E-state index contributed by atoms with van der Waals surface area (Å²) in [5.74, 6) is -1.48. The number of piperazine rings is 1. The molecule has 4 heterocycles. The number of nitrogens with one attached hydrogen (secondary N) is 2. The average Bonchev–Trinajstić information content (AvgIpc) is 3.74. The highest BCUT2D eigenvalue weighted by Gasteiger charge is 2.72. The van der Waals surface area contributed by atoms with Gasteiger partial charge < -0.3 is 29.9 Å². The van der Waals surface area contributed by atoms with Gasteiger partial charge in [-0.15, -0.1) is 0 Å². The summed E-state index contributed by atoms with van der Waals surface area (Å²) in [6.07, 6.45) is 9.22. The first-order chi connectivity index (χ1) is 22.9. The van der Waals surface area contributed by atoms with E-state index in [-0.39, 0.29) is 23.8 Å². The molecule has 5 atom stereocenters. The van der Waals surface area contributed by atoms with Crippen LogP contribution in [0, 0.1) is 11.8 Å². The fraction of sp³-hybridized carbons (Fsp3) is 0.541. The largest absolute Gasteiger partial charge is 0.497 e. The Kier molecular flexibility index (Phi) is 9.34. The second kappa shape index (κ2) is 13.8. The van der Waals surface area contributed by atoms with Gasteiger partial charge in [-0.2, -0.15) is 0 Å². The Bertz CT molecular complexity index is 1470. The Morgan fingerprint density at radius 3 is 2.47 bits per heavy atom. The minimum Gasteiger partial charge on any atom is -0.497 e. The number of methoxy groups -OCH3 is 1. The van der Waals surface area contributed by atoms with Crippen LogP contribution in [0.3, 0.4) is 0 Å². The maximum absolute atomic E-state index is 14.4. The summed E-state index contributed by atoms with van der Waals surface area (Å²) in [5, 5.41) is 6.27. The number of anilines is 1. The topological polar surface area (TPSA) is 103 Å². The summed E-state index contributed by atoms with van der Waals surface area (Å²) in [4.78, 5) is 49.0. The molecule has 2 bridgehead atoms. The molecular formula is C37H47N5O5. The van der Waals surface area contributed by atoms with Crippen molar-refractivity contribution in [3.05, 3.63) is 72.3 Å². The van der Waals surface area contributed by atoms with Gasteiger partial charge in [-0.1, -0.05) is 67.8 Å². The van der Waals surface area contributed by atoms with E-state index in [1.807, 2.05) is 30.4 Å². The van der Waals surface area contributed by atoms with E-state index < -0.39 is 29.6 Å². The number of rotatable bonds is 11. The number of amides is 3. The molecule has 2 aromatic carbocycles. The van der Waals surface area contributed by atoms with Crippen molar-refractivity contribution >= 4 is 23.4 Å². The number of fused-ring (bicyclic) bond motifs is 1. The zero-order valence-corrected chi connectivity index (χ0v) is 27.3. The molecule has 2 N–H and O–H groups in total. The van der Waals surface area contributed by atoms with Gasteiger partial charge in [0.2, 0.25) is 17.7 Å². The SMILES string of the molecule is COc1cccc(NC(=O)[C@H]2[C@H]3C=C[C@@]4(O3)[C@H]2C(=O)N(CCCN2CCN(Cc3ccccc3)CC2)[C@@H]4C(=O)NC2CCCCC2)c1. The summed E-state index contributed by atoms with van der Waals surface area (Å²) >= 11 is 0. The molecule has 10 nitrogen and oxygen atoms in total. The molecule has 4 aliphatic heterocycles. The molecule has 0 unspecified atom stereocenters. The normalized spacial score (nSPS) is 29.2. The summed E-state index contributed by atoms with van der Waals surface area (Å²) < 4.78 is 11.9. The van der Waals surface area contributed by atoms with E-state index in [0.717, 1.165) is 71.4 Å². The molecule has 7 rings (SSSR count). The molecule has 10 heteroatoms. The Labute approximate surface area is 277 Å². The lowest BCUT2D eigenvalue weighted by atomic mass is 9.74. The third-order valence-corrected chi connectivity index (χ3v) is 10.8. The molecule has 250 valence electrons. The van der Waals surface area contributed by atoms with Crippen LogP contribution in [0.4, 0.5) is 5.69 Å². The van der Waals surface area contributed by atoms with Crippen LogP contribution in [-0.4, -0.2) is 103 Å². The predicted molar refractivity (Wildman–Crippen MR) is 179 cm³/mol. The van der Waals surface area contributed by atoms with Gasteiger partial charge in [0.25, 0.3) is 0 Å². The Balaban J connectivity index is 1.04. The van der Waals surface area contributed by atoms with Crippen molar-refractivity contribution < 1.29 is 23.9 Å². The number of ether oxygens (including phenoxy) is 2. The van der Waals surface area contributed by atoms with Crippen molar-refractivity contribution in [3.8, 4) is 5.75 Å². The fourth-order valence-electron chi connectivity index (χ4n) is 8.44. The number of carbonyl (C=O) groups is 3. The molecule has 1 spiro atoms. The van der Waals surface area contributed by atoms with Crippen molar-refractivity contribution in [2.75, 3.05) is 51.7 Å². The molecule has 47 heavy (non-hydrogen) atoms. The minimum absolute atomic E-state index is 0.102. The van der Waals surface area contributed by atoms with E-state index in [0.29, 0.717) is 18.0 Å². The molecule has 1 saturated carbocycles. The molecular weight excluding hydrogens is 594 g/mol. The molecule has 4 fully saturated rings. The quantitative estimate of drug-likeness (QED) is 0.363. The van der Waals surface area contributed by atoms with Gasteiger partial charge in [0.05, 0.1) is 25.0 Å². The molecule has 1 aliphatic carbocycles. The zero-order valence-electron chi connectivity index (χ0n) is 27.3. The summed E-state index contributed by atoms with van der Waals surface area (Å²) in [6, 6.07) is 17.0. The van der Waals surface area contributed by atoms with Crippen LogP contribution in [0.15, 0.2) is 66.7 Å². The van der Waals surface area contributed by atoms with Gasteiger partial charge >= 0.3 is 0 Å². The van der Waals surface area contributed by atoms with Crippen molar-refractivity contribution in [2.45, 2.75) is 68.9 Å². The first kappa shape index (κ1) is 31.8. The summed E-state index contributed by atoms with van der Waals surface area (Å²) in [7, 11) is 1.58. The predicted octanol–water partition coefficient (Wildman–Crippen LogP) is 3.44. The maximum atomic E-state index is 14.4. The van der Waals surface area contributed by atoms with Gasteiger partial charge in [0.15, 0.2) is 0 Å². The van der Waals surface area contributed by atoms with Crippen LogP contribution in [-0.2, 0) is 25.7 Å². The van der Waals surface area contributed by atoms with Crippen LogP contribution in [0.5, 0.6) is 5.75 Å². The fourth-order valence-corrected chi connectivity index (χ4v) is 8.44. The summed E-state index contributed by atoms with van der Waals surface area (Å²) in [6.45, 7) is 6.18. The highest BCUT2D eigenvalue weighted by atomic mass is 16.5. The molecule has 0 aromatic heterocycles. The number of hydrogen-bond acceptors (Lipinski definition) is 7. The van der Waals surface area contributed by atoms with Crippen LogP contribution < -0.4 is 15.4 Å². The van der Waals surface area contributed by atoms with Crippen LogP contribution >= 0.6 is 0 Å². The number of hydrogen-bond donors (Lipinski definition) is 2. The van der Waals surface area contributed by atoms with Gasteiger partial charge in [-0.05, 0) is 43.5 Å². The van der Waals surface area contributed by atoms with E-state index in [4.69, 9.17) is 9.47 Å². The molecule has 3 amide bonds. The molecule has 5 aliphatic rings. The van der Waals surface area contributed by atoms with Crippen molar-refractivity contribution in [1.29, 1.82) is 0 Å². The smallest absolute Gasteiger partial charge is 0.246 e. The molecule has 2 aromatic rings. The highest BCUT2D eigenvalue weighted by Crippen LogP contribution is 2.55. The van der Waals surface area contributed by atoms with Gasteiger partial charge in [-0.25, -0.2) is 0 Å². The first-order valence-corrected chi connectivity index (χ1v) is 17.4. The van der Waals surface area contributed by atoms with E-state index >= 15 is 0 Å². The first-order valence-electron chi connectivity index (χ1n) is 17.4. The molecule has 0 radical (unpaired) electrons. The molecule has 3 saturated heterocycles. The van der Waals surface area contributed by atoms with Crippen molar-refractivity contribution in [1.82, 2.24) is 20.0 Å². The lowest BCUT2D eigenvalue weighted by Crippen LogP contribution is -2.56. The van der Waals surface area contributed by atoms with Crippen molar-refractivity contribution in [3.63, 3.8) is 0 Å². The van der Waals surface area contributed by atoms with Crippen LogP contribution in [0.2, 0.25) is 0 Å². The number of carbonyl (C=O) groups excluding carboxylic acids is 3. The lowest BCUT2D eigenvalue weighted by Gasteiger charge is -2.36.